The van der Waals surface area contributed by atoms with Crippen molar-refractivity contribution in [2.45, 2.75) is 11.4 Å². The van der Waals surface area contributed by atoms with Crippen LogP contribution in [0.4, 0.5) is 19.4 Å². The Morgan fingerprint density at radius 3 is 2.38 bits per heavy atom. The van der Waals surface area contributed by atoms with Crippen LogP contribution in [-0.4, -0.2) is 15.7 Å². The first-order valence-electron chi connectivity index (χ1n) is 7.99. The Labute approximate surface area is 161 Å². The summed E-state index contributed by atoms with van der Waals surface area (Å²) in [6.07, 6.45) is 1.04. The van der Waals surface area contributed by atoms with Crippen molar-refractivity contribution in [2.75, 3.05) is 0 Å². The number of carbonyl (C=O) groups excluding carboxylic acids is 1. The Morgan fingerprint density at radius 1 is 1.17 bits per heavy atom. The molecular weight excluding hydrogens is 415 g/mol. The average molecular weight is 428 g/mol. The lowest BCUT2D eigenvalue weighted by atomic mass is 10.1. The van der Waals surface area contributed by atoms with Gasteiger partial charge < -0.3 is 5.32 Å². The number of fused-ring (bicyclic) bond motifs is 1. The van der Waals surface area contributed by atoms with Gasteiger partial charge in [-0.05, 0) is 42.5 Å². The summed E-state index contributed by atoms with van der Waals surface area (Å²) >= 11 is 0. The monoisotopic (exact) mass is 428 g/mol. The van der Waals surface area contributed by atoms with E-state index in [0.29, 0.717) is 10.9 Å². The lowest BCUT2D eigenvalue weighted by molar-refractivity contribution is -0.116. The van der Waals surface area contributed by atoms with E-state index >= 15 is 0 Å². The van der Waals surface area contributed by atoms with E-state index in [4.69, 9.17) is 0 Å². The van der Waals surface area contributed by atoms with Crippen molar-refractivity contribution in [3.63, 3.8) is 0 Å². The summed E-state index contributed by atoms with van der Waals surface area (Å²) in [6, 6.07) is 8.93. The Kier molecular flexibility index (Phi) is 4.25. The molecule has 0 spiro atoms. The highest BCUT2D eigenvalue weighted by Crippen LogP contribution is 3.02. The fourth-order valence-corrected chi connectivity index (χ4v) is 3.40. The van der Waals surface area contributed by atoms with E-state index in [-0.39, 0.29) is 35.6 Å². The number of nitrogens with zero attached hydrogens (tertiary/aromatic N) is 3. The molecule has 5 nitrogen and oxygen atoms in total. The molecule has 3 aromatic rings. The van der Waals surface area contributed by atoms with Crippen LogP contribution in [0.2, 0.25) is 0 Å². The Bertz CT molecular complexity index is 1180. The normalized spacial score (nSPS) is 13.9. The van der Waals surface area contributed by atoms with Crippen molar-refractivity contribution in [3.8, 4) is 11.8 Å². The number of hydrogen-bond acceptors (Lipinski definition) is 3. The van der Waals surface area contributed by atoms with E-state index in [0.717, 1.165) is 18.2 Å². The third kappa shape index (κ3) is 4.07. The summed E-state index contributed by atoms with van der Waals surface area (Å²) < 4.78 is 65.9. The number of nitriles is 1. The van der Waals surface area contributed by atoms with Crippen LogP contribution in [0.1, 0.15) is 11.3 Å². The van der Waals surface area contributed by atoms with Gasteiger partial charge in [0, 0.05) is 5.39 Å². The first-order valence-corrected chi connectivity index (χ1v) is 9.94. The Hall–Kier alpha value is -3.39. The van der Waals surface area contributed by atoms with Gasteiger partial charge in [-0.3, -0.25) is 4.79 Å². The zero-order chi connectivity index (χ0) is 21.5. The standard InChI is InChI=1S/C18H13F5N4OS/c1-2-17(28)25-11-15-18-12(10-24)4-3-5-16(18)27(26-15)13-6-8-14(9-7-13)29(19,20,21,22)23/h2-9H,1,11H2,(H,25,28). The minimum Gasteiger partial charge on any atom is -0.347 e. The first kappa shape index (κ1) is 20.3. The summed E-state index contributed by atoms with van der Waals surface area (Å²) in [7, 11) is -9.79. The van der Waals surface area contributed by atoms with E-state index in [9.17, 15) is 29.5 Å². The molecule has 0 atom stereocenters. The predicted octanol–water partition coefficient (Wildman–Crippen LogP) is 5.36. The van der Waals surface area contributed by atoms with Crippen molar-refractivity contribution < 1.29 is 24.2 Å². The van der Waals surface area contributed by atoms with E-state index in [1.165, 1.54) is 10.7 Å². The quantitative estimate of drug-likeness (QED) is 0.440. The molecule has 1 heterocycles. The lowest BCUT2D eigenvalue weighted by Crippen LogP contribution is -2.20. The largest absolute Gasteiger partial charge is 0.347 e. The molecule has 152 valence electrons. The molecular formula is C18H13F5N4OS. The number of carbonyl (C=O) groups is 1. The van der Waals surface area contributed by atoms with Gasteiger partial charge in [-0.2, -0.15) is 10.4 Å². The van der Waals surface area contributed by atoms with Gasteiger partial charge >= 0.3 is 10.2 Å². The summed E-state index contributed by atoms with van der Waals surface area (Å²) in [5, 5.41) is 16.5. The molecule has 0 fully saturated rings. The number of amides is 1. The summed E-state index contributed by atoms with van der Waals surface area (Å²) in [6.45, 7) is 3.25. The minimum absolute atomic E-state index is 0.0728. The fourth-order valence-electron chi connectivity index (χ4n) is 2.75. The maximum Gasteiger partial charge on any atom is 0.310 e. The van der Waals surface area contributed by atoms with Crippen molar-refractivity contribution in [2.24, 2.45) is 0 Å². The minimum atomic E-state index is -9.79. The van der Waals surface area contributed by atoms with Crippen LogP contribution in [0.15, 0.2) is 60.0 Å². The van der Waals surface area contributed by atoms with Crippen LogP contribution >= 0.6 is 10.2 Å². The van der Waals surface area contributed by atoms with Crippen molar-refractivity contribution in [3.05, 3.63) is 66.4 Å². The highest BCUT2D eigenvalue weighted by atomic mass is 32.5. The zero-order valence-electron chi connectivity index (χ0n) is 14.6. The number of aromatic nitrogens is 2. The summed E-state index contributed by atoms with van der Waals surface area (Å²) in [4.78, 5) is 9.43. The van der Waals surface area contributed by atoms with Gasteiger partial charge in [0.1, 0.15) is 4.90 Å². The van der Waals surface area contributed by atoms with Crippen LogP contribution in [0.3, 0.4) is 0 Å². The van der Waals surface area contributed by atoms with Gasteiger partial charge in [0.15, 0.2) is 0 Å². The molecule has 3 rings (SSSR count). The van der Waals surface area contributed by atoms with E-state index in [1.807, 2.05) is 6.07 Å². The van der Waals surface area contributed by atoms with Gasteiger partial charge in [0.2, 0.25) is 5.91 Å². The number of nitrogens with one attached hydrogen (secondary N) is 1. The van der Waals surface area contributed by atoms with E-state index < -0.39 is 21.0 Å². The number of halogens is 5. The molecule has 0 radical (unpaired) electrons. The molecule has 0 saturated heterocycles. The first-order chi connectivity index (χ1) is 13.3. The SMILES string of the molecule is C=CC(=O)NCc1nn(-c2ccc(S(F)(F)(F)(F)F)cc2)c2cccc(C#N)c12. The molecule has 1 amide bonds. The predicted molar refractivity (Wildman–Crippen MR) is 99.2 cm³/mol. The highest BCUT2D eigenvalue weighted by molar-refractivity contribution is 8.45. The van der Waals surface area contributed by atoms with Gasteiger partial charge in [-0.25, -0.2) is 4.68 Å². The molecule has 0 aliphatic rings. The van der Waals surface area contributed by atoms with Crippen LogP contribution in [0, 0.1) is 11.3 Å². The maximum absolute atomic E-state index is 12.9. The second-order valence-electron chi connectivity index (χ2n) is 6.05. The molecule has 11 heteroatoms. The van der Waals surface area contributed by atoms with Crippen molar-refractivity contribution in [1.82, 2.24) is 15.1 Å². The van der Waals surface area contributed by atoms with Crippen molar-refractivity contribution in [1.29, 1.82) is 5.26 Å². The Balaban J connectivity index is 2.15. The smallest absolute Gasteiger partial charge is 0.310 e. The van der Waals surface area contributed by atoms with Crippen LogP contribution < -0.4 is 5.32 Å². The molecule has 0 saturated carbocycles. The fraction of sp³-hybridized carbons (Fsp3) is 0.0556. The summed E-state index contributed by atoms with van der Waals surface area (Å²) in [5.74, 6) is -0.484. The third-order valence-corrected chi connectivity index (χ3v) is 5.21. The second-order valence-corrected chi connectivity index (χ2v) is 8.46. The zero-order valence-corrected chi connectivity index (χ0v) is 15.4. The second kappa shape index (κ2) is 6.05. The molecule has 0 aliphatic heterocycles. The number of benzene rings is 2. The van der Waals surface area contributed by atoms with Crippen LogP contribution in [-0.2, 0) is 11.3 Å². The van der Waals surface area contributed by atoms with Crippen LogP contribution in [0.5, 0.6) is 0 Å². The third-order valence-electron chi connectivity index (χ3n) is 4.04. The molecule has 0 unspecified atom stereocenters. The average Bonchev–Trinajstić information content (AvgIpc) is 3.03. The topological polar surface area (TPSA) is 70.7 Å². The highest BCUT2D eigenvalue weighted by Gasteiger charge is 2.65. The van der Waals surface area contributed by atoms with Crippen LogP contribution in [0.25, 0.3) is 16.6 Å². The number of rotatable bonds is 5. The molecule has 2 aromatic carbocycles. The molecule has 1 aromatic heterocycles. The van der Waals surface area contributed by atoms with Gasteiger partial charge in [-0.1, -0.05) is 32.1 Å². The maximum atomic E-state index is 12.9. The summed E-state index contributed by atoms with van der Waals surface area (Å²) in [5.41, 5.74) is 0.966. The lowest BCUT2D eigenvalue weighted by Gasteiger charge is -2.40. The van der Waals surface area contributed by atoms with E-state index in [2.05, 4.69) is 17.0 Å². The Morgan fingerprint density at radius 2 is 1.83 bits per heavy atom. The van der Waals surface area contributed by atoms with Gasteiger partial charge in [0.05, 0.1) is 35.1 Å². The molecule has 0 aliphatic carbocycles. The van der Waals surface area contributed by atoms with E-state index in [1.54, 1.807) is 12.1 Å². The van der Waals surface area contributed by atoms with Gasteiger partial charge in [-0.15, -0.1) is 0 Å². The van der Waals surface area contributed by atoms with Gasteiger partial charge in [0.25, 0.3) is 0 Å². The molecule has 1 N–H and O–H groups in total. The molecule has 29 heavy (non-hydrogen) atoms. The van der Waals surface area contributed by atoms with Crippen molar-refractivity contribution >= 4 is 27.0 Å². The molecule has 0 bridgehead atoms. The number of hydrogen-bond donors (Lipinski definition) is 1.